The van der Waals surface area contributed by atoms with E-state index in [-0.39, 0.29) is 17.2 Å². The monoisotopic (exact) mass is 419 g/mol. The van der Waals surface area contributed by atoms with Crippen molar-refractivity contribution in [1.82, 2.24) is 5.32 Å². The van der Waals surface area contributed by atoms with Crippen LogP contribution in [0, 0.1) is 5.41 Å². The van der Waals surface area contributed by atoms with Crippen molar-refractivity contribution in [2.75, 3.05) is 30.5 Å². The largest absolute Gasteiger partial charge is 0.383 e. The second-order valence-corrected chi connectivity index (χ2v) is 8.88. The Labute approximate surface area is 183 Å². The lowest BCUT2D eigenvalue weighted by Crippen LogP contribution is -2.45. The van der Waals surface area contributed by atoms with Crippen molar-refractivity contribution >= 4 is 23.2 Å². The zero-order valence-corrected chi connectivity index (χ0v) is 18.3. The molecule has 162 valence electrons. The second kappa shape index (κ2) is 8.55. The fraction of sp³-hybridized carbons (Fsp3) is 0.360. The molecule has 0 saturated heterocycles. The number of nitrogens with zero attached hydrogens (tertiary/aromatic N) is 1. The Morgan fingerprint density at radius 2 is 1.84 bits per heavy atom. The van der Waals surface area contributed by atoms with Gasteiger partial charge in [-0.3, -0.25) is 9.69 Å². The van der Waals surface area contributed by atoms with E-state index in [1.807, 2.05) is 54.6 Å². The highest BCUT2D eigenvalue weighted by Gasteiger charge is 2.43. The fourth-order valence-electron chi connectivity index (χ4n) is 4.51. The van der Waals surface area contributed by atoms with Crippen molar-refractivity contribution in [2.45, 2.75) is 32.7 Å². The molecule has 2 N–H and O–H groups in total. The maximum absolute atomic E-state index is 13.5. The number of amides is 2. The van der Waals surface area contributed by atoms with E-state index >= 15 is 0 Å². The van der Waals surface area contributed by atoms with Crippen molar-refractivity contribution in [1.29, 1.82) is 0 Å². The molecule has 1 aliphatic heterocycles. The van der Waals surface area contributed by atoms with Gasteiger partial charge in [-0.1, -0.05) is 56.3 Å². The van der Waals surface area contributed by atoms with Gasteiger partial charge in [-0.25, -0.2) is 4.79 Å². The van der Waals surface area contributed by atoms with E-state index in [1.54, 1.807) is 12.0 Å². The van der Waals surface area contributed by atoms with Crippen molar-refractivity contribution in [3.05, 3.63) is 71.4 Å². The summed E-state index contributed by atoms with van der Waals surface area (Å²) < 4.78 is 5.10. The van der Waals surface area contributed by atoms with Gasteiger partial charge in [0.15, 0.2) is 5.78 Å². The molecule has 1 heterocycles. The van der Waals surface area contributed by atoms with Crippen LogP contribution in [-0.2, 0) is 9.53 Å². The molecule has 4 rings (SSSR count). The summed E-state index contributed by atoms with van der Waals surface area (Å²) in [7, 11) is 1.60. The van der Waals surface area contributed by atoms with E-state index in [0.29, 0.717) is 25.1 Å². The molecule has 1 atom stereocenters. The highest BCUT2D eigenvalue weighted by Crippen LogP contribution is 2.48. The molecule has 1 unspecified atom stereocenters. The van der Waals surface area contributed by atoms with Gasteiger partial charge in [-0.15, -0.1) is 0 Å². The maximum Gasteiger partial charge on any atom is 0.322 e. The Morgan fingerprint density at radius 1 is 1.13 bits per heavy atom. The molecule has 0 radical (unpaired) electrons. The van der Waals surface area contributed by atoms with Crippen LogP contribution in [0.4, 0.5) is 16.2 Å². The zero-order valence-electron chi connectivity index (χ0n) is 18.3. The zero-order chi connectivity index (χ0) is 22.0. The van der Waals surface area contributed by atoms with Crippen LogP contribution in [-0.4, -0.2) is 32.1 Å². The number of nitrogens with one attached hydrogen (secondary N) is 2. The standard InChI is InChI=1S/C25H29N3O3/c1-25(2)15-19-22(21(29)16-25)23(17-9-5-4-6-10-17)28(24(30)26-13-14-31-3)20-12-8-7-11-18(20)27-19/h4-12,23,27H,13-16H2,1-3H3,(H,26,30). The van der Waals surface area contributed by atoms with Crippen LogP contribution in [0.2, 0.25) is 0 Å². The molecule has 0 aromatic heterocycles. The molecular weight excluding hydrogens is 390 g/mol. The molecule has 6 heteroatoms. The fourth-order valence-corrected chi connectivity index (χ4v) is 4.51. The highest BCUT2D eigenvalue weighted by atomic mass is 16.5. The first-order valence-corrected chi connectivity index (χ1v) is 10.6. The number of hydrogen-bond donors (Lipinski definition) is 2. The molecule has 0 saturated carbocycles. The van der Waals surface area contributed by atoms with Crippen LogP contribution < -0.4 is 15.5 Å². The van der Waals surface area contributed by atoms with Crippen molar-refractivity contribution < 1.29 is 14.3 Å². The number of hydrogen-bond acceptors (Lipinski definition) is 4. The third-order valence-corrected chi connectivity index (χ3v) is 5.82. The van der Waals surface area contributed by atoms with E-state index in [4.69, 9.17) is 4.74 Å². The van der Waals surface area contributed by atoms with E-state index < -0.39 is 6.04 Å². The quantitative estimate of drug-likeness (QED) is 0.707. The number of ketones is 1. The number of Topliss-reactive ketones (excluding diaryl/α,β-unsaturated/α-hetero) is 1. The van der Waals surface area contributed by atoms with Crippen LogP contribution in [0.5, 0.6) is 0 Å². The Balaban J connectivity index is 1.91. The van der Waals surface area contributed by atoms with Crippen LogP contribution in [0.15, 0.2) is 65.9 Å². The number of carbonyl (C=O) groups excluding carboxylic acids is 2. The molecule has 2 amide bonds. The SMILES string of the molecule is COCCNC(=O)N1c2ccccc2NC2=C(C(=O)CC(C)(C)C2)C1c1ccccc1. The average Bonchev–Trinajstić information content (AvgIpc) is 2.88. The summed E-state index contributed by atoms with van der Waals surface area (Å²) in [5.74, 6) is 0.0788. The first-order chi connectivity index (χ1) is 14.9. The molecule has 1 aliphatic carbocycles. The maximum atomic E-state index is 13.5. The normalized spacial score (nSPS) is 19.8. The van der Waals surface area contributed by atoms with E-state index in [0.717, 1.165) is 29.1 Å². The summed E-state index contributed by atoms with van der Waals surface area (Å²) in [6.45, 7) is 5.02. The summed E-state index contributed by atoms with van der Waals surface area (Å²) >= 11 is 0. The van der Waals surface area contributed by atoms with Gasteiger partial charge in [0, 0.05) is 31.3 Å². The number of carbonyl (C=O) groups is 2. The summed E-state index contributed by atoms with van der Waals surface area (Å²) in [5.41, 5.74) is 3.89. The number of allylic oxidation sites excluding steroid dienone is 1. The molecule has 2 aromatic rings. The van der Waals surface area contributed by atoms with Gasteiger partial charge in [-0.2, -0.15) is 0 Å². The third-order valence-electron chi connectivity index (χ3n) is 5.82. The number of methoxy groups -OCH3 is 1. The predicted octanol–water partition coefficient (Wildman–Crippen LogP) is 4.66. The number of urea groups is 1. The lowest BCUT2D eigenvalue weighted by atomic mass is 9.73. The molecule has 2 aromatic carbocycles. The minimum absolute atomic E-state index is 0.0788. The number of para-hydroxylation sites is 2. The van der Waals surface area contributed by atoms with Gasteiger partial charge in [-0.05, 0) is 29.5 Å². The van der Waals surface area contributed by atoms with E-state index in [9.17, 15) is 9.59 Å². The Bertz CT molecular complexity index is 1010. The van der Waals surface area contributed by atoms with Gasteiger partial charge >= 0.3 is 6.03 Å². The third kappa shape index (κ3) is 4.21. The summed E-state index contributed by atoms with van der Waals surface area (Å²) in [5, 5.41) is 6.46. The highest BCUT2D eigenvalue weighted by molar-refractivity contribution is 6.06. The topological polar surface area (TPSA) is 70.7 Å². The van der Waals surface area contributed by atoms with Gasteiger partial charge in [0.2, 0.25) is 0 Å². The van der Waals surface area contributed by atoms with Gasteiger partial charge in [0.1, 0.15) is 0 Å². The van der Waals surface area contributed by atoms with Crippen molar-refractivity contribution in [2.24, 2.45) is 5.41 Å². The van der Waals surface area contributed by atoms with Gasteiger partial charge < -0.3 is 15.4 Å². The molecule has 0 fully saturated rings. The summed E-state index contributed by atoms with van der Waals surface area (Å²) in [6.07, 6.45) is 1.19. The van der Waals surface area contributed by atoms with Crippen LogP contribution in [0.1, 0.15) is 38.3 Å². The molecule has 2 aliphatic rings. The van der Waals surface area contributed by atoms with Crippen molar-refractivity contribution in [3.8, 4) is 0 Å². The second-order valence-electron chi connectivity index (χ2n) is 8.88. The van der Waals surface area contributed by atoms with E-state index in [1.165, 1.54) is 0 Å². The van der Waals surface area contributed by atoms with Crippen molar-refractivity contribution in [3.63, 3.8) is 0 Å². The number of fused-ring (bicyclic) bond motifs is 1. The lowest BCUT2D eigenvalue weighted by Gasteiger charge is -2.37. The molecule has 31 heavy (non-hydrogen) atoms. The Kier molecular flexibility index (Phi) is 5.83. The number of rotatable bonds is 4. The van der Waals surface area contributed by atoms with Crippen LogP contribution in [0.25, 0.3) is 0 Å². The van der Waals surface area contributed by atoms with E-state index in [2.05, 4.69) is 24.5 Å². The van der Waals surface area contributed by atoms with Gasteiger partial charge in [0.05, 0.1) is 24.0 Å². The lowest BCUT2D eigenvalue weighted by molar-refractivity contribution is -0.118. The summed E-state index contributed by atoms with van der Waals surface area (Å²) in [4.78, 5) is 28.7. The molecule has 0 spiro atoms. The molecular formula is C25H29N3O3. The first kappa shape index (κ1) is 21.1. The van der Waals surface area contributed by atoms with Gasteiger partial charge in [0.25, 0.3) is 0 Å². The molecule has 6 nitrogen and oxygen atoms in total. The first-order valence-electron chi connectivity index (χ1n) is 10.6. The average molecular weight is 420 g/mol. The Hall–Kier alpha value is -3.12. The number of anilines is 2. The summed E-state index contributed by atoms with van der Waals surface area (Å²) in [6, 6.07) is 16.7. The van der Waals surface area contributed by atoms with Crippen LogP contribution >= 0.6 is 0 Å². The minimum Gasteiger partial charge on any atom is -0.383 e. The number of benzene rings is 2. The van der Waals surface area contributed by atoms with Crippen LogP contribution in [0.3, 0.4) is 0 Å². The minimum atomic E-state index is -0.515. The molecule has 0 bridgehead atoms. The smallest absolute Gasteiger partial charge is 0.322 e. The predicted molar refractivity (Wildman–Crippen MR) is 122 cm³/mol. The number of ether oxygens (including phenoxy) is 1. The Morgan fingerprint density at radius 3 is 2.58 bits per heavy atom.